The maximum atomic E-state index is 12.3. The number of aryl methyl sites for hydroxylation is 2. The molecule has 0 spiro atoms. The number of hydrogen-bond donors (Lipinski definition) is 1. The molecule has 0 aliphatic carbocycles. The molecule has 0 radical (unpaired) electrons. The summed E-state index contributed by atoms with van der Waals surface area (Å²) < 4.78 is 7.24. The van der Waals surface area contributed by atoms with Gasteiger partial charge in [0.2, 0.25) is 5.91 Å². The van der Waals surface area contributed by atoms with Crippen LogP contribution in [0.3, 0.4) is 0 Å². The molecule has 1 saturated heterocycles. The highest BCUT2D eigenvalue weighted by Crippen LogP contribution is 2.24. The number of ether oxygens (including phenoxy) is 1. The molecule has 1 fully saturated rings. The molecule has 2 aromatic heterocycles. The molecule has 0 bridgehead atoms. The van der Waals surface area contributed by atoms with Crippen LogP contribution in [-0.4, -0.2) is 58.0 Å². The summed E-state index contributed by atoms with van der Waals surface area (Å²) >= 11 is 0. The normalized spacial score (nSPS) is 20.0. The van der Waals surface area contributed by atoms with Crippen molar-refractivity contribution in [3.63, 3.8) is 0 Å². The fourth-order valence-corrected chi connectivity index (χ4v) is 3.26. The van der Waals surface area contributed by atoms with Gasteiger partial charge in [0.15, 0.2) is 0 Å². The molecule has 3 heterocycles. The zero-order valence-electron chi connectivity index (χ0n) is 14.8. The lowest BCUT2D eigenvalue weighted by atomic mass is 10.1. The van der Waals surface area contributed by atoms with E-state index in [0.29, 0.717) is 13.0 Å². The van der Waals surface area contributed by atoms with E-state index in [1.807, 2.05) is 26.2 Å². The number of methoxy groups -OCH3 is 1. The zero-order valence-corrected chi connectivity index (χ0v) is 14.8. The van der Waals surface area contributed by atoms with E-state index in [9.17, 15) is 4.79 Å². The molecule has 0 saturated carbocycles. The van der Waals surface area contributed by atoms with Crippen LogP contribution in [-0.2, 0) is 23.0 Å². The van der Waals surface area contributed by atoms with Gasteiger partial charge in [-0.3, -0.25) is 9.48 Å². The Labute approximate surface area is 147 Å². The van der Waals surface area contributed by atoms with E-state index in [4.69, 9.17) is 4.74 Å². The van der Waals surface area contributed by atoms with E-state index >= 15 is 0 Å². The number of carbonyl (C=O) groups is 1. The standard InChI is InChI=1S/C17H24N6O2/c1-12-13(9-22(2)21-12)6-17(24)19-8-14-7-15(25-3)10-23(14)16-4-5-18-11-20-16/h4-5,9,11,14-15H,6-8,10H2,1-3H3,(H,19,24)/t14-,15-/m0/s1. The molecular weight excluding hydrogens is 320 g/mol. The maximum Gasteiger partial charge on any atom is 0.224 e. The molecule has 0 unspecified atom stereocenters. The van der Waals surface area contributed by atoms with Gasteiger partial charge in [-0.1, -0.05) is 0 Å². The van der Waals surface area contributed by atoms with Gasteiger partial charge in [-0.05, 0) is 19.4 Å². The van der Waals surface area contributed by atoms with Gasteiger partial charge in [0.05, 0.1) is 24.3 Å². The summed E-state index contributed by atoms with van der Waals surface area (Å²) in [5.41, 5.74) is 1.84. The minimum absolute atomic E-state index is 0.000366. The smallest absolute Gasteiger partial charge is 0.224 e. The molecule has 2 aromatic rings. The van der Waals surface area contributed by atoms with Crippen molar-refractivity contribution >= 4 is 11.7 Å². The minimum atomic E-state index is -0.000366. The molecule has 8 heteroatoms. The molecule has 1 N–H and O–H groups in total. The Morgan fingerprint density at radius 2 is 2.32 bits per heavy atom. The van der Waals surface area contributed by atoms with Gasteiger partial charge in [-0.25, -0.2) is 9.97 Å². The first-order valence-electron chi connectivity index (χ1n) is 8.38. The first-order valence-corrected chi connectivity index (χ1v) is 8.38. The van der Waals surface area contributed by atoms with E-state index in [2.05, 4.69) is 25.3 Å². The van der Waals surface area contributed by atoms with Crippen LogP contribution in [0, 0.1) is 6.92 Å². The third-order valence-electron chi connectivity index (χ3n) is 4.57. The first-order chi connectivity index (χ1) is 12.1. The Morgan fingerprint density at radius 3 is 2.96 bits per heavy atom. The van der Waals surface area contributed by atoms with Gasteiger partial charge >= 0.3 is 0 Å². The number of rotatable bonds is 6. The largest absolute Gasteiger partial charge is 0.380 e. The van der Waals surface area contributed by atoms with Crippen LogP contribution in [0.2, 0.25) is 0 Å². The Balaban J connectivity index is 1.60. The number of nitrogens with one attached hydrogen (secondary N) is 1. The van der Waals surface area contributed by atoms with Crippen molar-refractivity contribution in [3.8, 4) is 0 Å². The molecule has 1 aliphatic heterocycles. The summed E-state index contributed by atoms with van der Waals surface area (Å²) in [5.74, 6) is 0.858. The van der Waals surface area contributed by atoms with Crippen LogP contribution < -0.4 is 10.2 Å². The predicted molar refractivity (Wildman–Crippen MR) is 93.2 cm³/mol. The number of hydrogen-bond acceptors (Lipinski definition) is 6. The van der Waals surface area contributed by atoms with Gasteiger partial charge in [-0.15, -0.1) is 0 Å². The van der Waals surface area contributed by atoms with E-state index in [1.165, 1.54) is 6.33 Å². The summed E-state index contributed by atoms with van der Waals surface area (Å²) in [6.45, 7) is 3.23. The Hall–Kier alpha value is -2.48. The van der Waals surface area contributed by atoms with Gasteiger partial charge in [0.25, 0.3) is 0 Å². The second-order valence-corrected chi connectivity index (χ2v) is 6.36. The highest BCUT2D eigenvalue weighted by Gasteiger charge is 2.33. The average Bonchev–Trinajstić information content (AvgIpc) is 3.16. The van der Waals surface area contributed by atoms with Crippen LogP contribution in [0.5, 0.6) is 0 Å². The van der Waals surface area contributed by atoms with Crippen molar-refractivity contribution < 1.29 is 9.53 Å². The molecule has 0 aromatic carbocycles. The van der Waals surface area contributed by atoms with Crippen molar-refractivity contribution in [2.75, 3.05) is 25.1 Å². The Morgan fingerprint density at radius 1 is 1.48 bits per heavy atom. The summed E-state index contributed by atoms with van der Waals surface area (Å²) in [4.78, 5) is 22.8. The second-order valence-electron chi connectivity index (χ2n) is 6.36. The molecule has 3 rings (SSSR count). The lowest BCUT2D eigenvalue weighted by molar-refractivity contribution is -0.120. The molecule has 134 valence electrons. The van der Waals surface area contributed by atoms with Gasteiger partial charge in [0, 0.05) is 45.2 Å². The highest BCUT2D eigenvalue weighted by atomic mass is 16.5. The van der Waals surface area contributed by atoms with Crippen molar-refractivity contribution in [1.82, 2.24) is 25.1 Å². The van der Waals surface area contributed by atoms with Crippen LogP contribution >= 0.6 is 0 Å². The Bertz CT molecular complexity index is 717. The second kappa shape index (κ2) is 7.60. The molecule has 1 aliphatic rings. The minimum Gasteiger partial charge on any atom is -0.380 e. The monoisotopic (exact) mass is 344 g/mol. The van der Waals surface area contributed by atoms with Crippen molar-refractivity contribution in [1.29, 1.82) is 0 Å². The number of carbonyl (C=O) groups excluding carboxylic acids is 1. The van der Waals surface area contributed by atoms with Crippen molar-refractivity contribution in [3.05, 3.63) is 36.0 Å². The fourth-order valence-electron chi connectivity index (χ4n) is 3.26. The van der Waals surface area contributed by atoms with E-state index in [0.717, 1.165) is 30.0 Å². The van der Waals surface area contributed by atoms with Crippen molar-refractivity contribution in [2.24, 2.45) is 7.05 Å². The SMILES string of the molecule is CO[C@H]1C[C@@H](CNC(=O)Cc2cn(C)nc2C)N(c2ccncn2)C1. The average molecular weight is 344 g/mol. The van der Waals surface area contributed by atoms with Crippen molar-refractivity contribution in [2.45, 2.75) is 31.9 Å². The molecule has 25 heavy (non-hydrogen) atoms. The van der Waals surface area contributed by atoms with Gasteiger partial charge < -0.3 is 15.0 Å². The first kappa shape index (κ1) is 17.3. The summed E-state index contributed by atoms with van der Waals surface area (Å²) in [6, 6.07) is 2.03. The number of aromatic nitrogens is 4. The highest BCUT2D eigenvalue weighted by molar-refractivity contribution is 5.78. The van der Waals surface area contributed by atoms with E-state index < -0.39 is 0 Å². The summed E-state index contributed by atoms with van der Waals surface area (Å²) in [7, 11) is 3.58. The lowest BCUT2D eigenvalue weighted by Crippen LogP contribution is -2.41. The molecule has 2 atom stereocenters. The lowest BCUT2D eigenvalue weighted by Gasteiger charge is -2.25. The third-order valence-corrected chi connectivity index (χ3v) is 4.57. The molecular formula is C17H24N6O2. The van der Waals surface area contributed by atoms with E-state index in [-0.39, 0.29) is 18.1 Å². The van der Waals surface area contributed by atoms with E-state index in [1.54, 1.807) is 18.0 Å². The fraction of sp³-hybridized carbons (Fsp3) is 0.529. The third kappa shape index (κ3) is 4.14. The molecule has 8 nitrogen and oxygen atoms in total. The maximum absolute atomic E-state index is 12.3. The summed E-state index contributed by atoms with van der Waals surface area (Å²) in [5, 5.41) is 7.31. The van der Waals surface area contributed by atoms with Crippen LogP contribution in [0.15, 0.2) is 24.8 Å². The Kier molecular flexibility index (Phi) is 5.28. The molecule has 1 amide bonds. The topological polar surface area (TPSA) is 85.2 Å². The number of anilines is 1. The van der Waals surface area contributed by atoms with Gasteiger partial charge in [0.1, 0.15) is 12.1 Å². The van der Waals surface area contributed by atoms with Gasteiger partial charge in [-0.2, -0.15) is 5.10 Å². The summed E-state index contributed by atoms with van der Waals surface area (Å²) in [6.07, 6.45) is 6.48. The zero-order chi connectivity index (χ0) is 17.8. The van der Waals surface area contributed by atoms with Crippen LogP contribution in [0.4, 0.5) is 5.82 Å². The number of amides is 1. The van der Waals surface area contributed by atoms with Crippen LogP contribution in [0.25, 0.3) is 0 Å². The number of nitrogens with zero attached hydrogens (tertiary/aromatic N) is 5. The predicted octanol–water partition coefficient (Wildman–Crippen LogP) is 0.471. The van der Waals surface area contributed by atoms with Crippen LogP contribution in [0.1, 0.15) is 17.7 Å². The quantitative estimate of drug-likeness (QED) is 0.820.